The van der Waals surface area contributed by atoms with E-state index < -0.39 is 0 Å². The van der Waals surface area contributed by atoms with Gasteiger partial charge in [-0.3, -0.25) is 14.5 Å². The second kappa shape index (κ2) is 10.1. The molecule has 3 aromatic rings. The highest BCUT2D eigenvalue weighted by Crippen LogP contribution is 2.36. The van der Waals surface area contributed by atoms with Crippen LogP contribution in [0.15, 0.2) is 36.4 Å². The number of carbonyl (C=O) groups is 2. The SMILES string of the molecule is COc1cccc(CC(=O)N(CC2CC2)c2nnc(-c3cc(C)c(OCC=O)c(C)c3)s2)c1. The van der Waals surface area contributed by atoms with Gasteiger partial charge in [0.25, 0.3) is 0 Å². The molecular formula is C25H27N3O4S. The summed E-state index contributed by atoms with van der Waals surface area (Å²) in [6.45, 7) is 4.56. The van der Waals surface area contributed by atoms with E-state index in [-0.39, 0.29) is 18.9 Å². The summed E-state index contributed by atoms with van der Waals surface area (Å²) < 4.78 is 10.8. The van der Waals surface area contributed by atoms with E-state index >= 15 is 0 Å². The fraction of sp³-hybridized carbons (Fsp3) is 0.360. The van der Waals surface area contributed by atoms with Gasteiger partial charge in [-0.2, -0.15) is 0 Å². The number of benzene rings is 2. The van der Waals surface area contributed by atoms with Gasteiger partial charge >= 0.3 is 0 Å². The van der Waals surface area contributed by atoms with Gasteiger partial charge in [0.05, 0.1) is 13.5 Å². The number of rotatable bonds is 10. The van der Waals surface area contributed by atoms with Gasteiger partial charge in [-0.05, 0) is 73.6 Å². The standard InChI is InChI=1S/C25H27N3O4S/c1-16-11-20(12-17(2)23(16)32-10-9-29)24-26-27-25(33-24)28(15-18-7-8-18)22(30)14-19-5-4-6-21(13-19)31-3/h4-6,9,11-13,18H,7-8,10,14-15H2,1-3H3. The Balaban J connectivity index is 1.57. The lowest BCUT2D eigenvalue weighted by atomic mass is 10.1. The second-order valence-corrected chi connectivity index (χ2v) is 9.24. The van der Waals surface area contributed by atoms with Crippen molar-refractivity contribution < 1.29 is 19.1 Å². The molecule has 1 aliphatic rings. The summed E-state index contributed by atoms with van der Waals surface area (Å²) in [6, 6.07) is 11.5. The molecule has 1 amide bonds. The maximum Gasteiger partial charge on any atom is 0.233 e. The Labute approximate surface area is 197 Å². The zero-order valence-corrected chi connectivity index (χ0v) is 19.9. The van der Waals surface area contributed by atoms with Gasteiger partial charge < -0.3 is 9.47 Å². The third kappa shape index (κ3) is 5.57. The maximum atomic E-state index is 13.3. The Kier molecular flexibility index (Phi) is 7.03. The average molecular weight is 466 g/mol. The fourth-order valence-corrected chi connectivity index (χ4v) is 4.62. The van der Waals surface area contributed by atoms with Crippen LogP contribution < -0.4 is 14.4 Å². The van der Waals surface area contributed by atoms with Crippen LogP contribution in [0, 0.1) is 19.8 Å². The summed E-state index contributed by atoms with van der Waals surface area (Å²) in [7, 11) is 1.62. The van der Waals surface area contributed by atoms with Gasteiger partial charge in [0, 0.05) is 12.1 Å². The van der Waals surface area contributed by atoms with Gasteiger partial charge in [-0.25, -0.2) is 0 Å². The van der Waals surface area contributed by atoms with E-state index in [0.29, 0.717) is 23.3 Å². The first-order valence-electron chi connectivity index (χ1n) is 10.9. The van der Waals surface area contributed by atoms with Gasteiger partial charge in [0.1, 0.15) is 23.1 Å². The molecule has 172 valence electrons. The lowest BCUT2D eigenvalue weighted by Crippen LogP contribution is -2.34. The Morgan fingerprint density at radius 1 is 1.18 bits per heavy atom. The summed E-state index contributed by atoms with van der Waals surface area (Å²) in [5.74, 6) is 1.96. The Morgan fingerprint density at radius 2 is 1.94 bits per heavy atom. The van der Waals surface area contributed by atoms with E-state index in [2.05, 4.69) is 10.2 Å². The van der Waals surface area contributed by atoms with E-state index in [1.54, 1.807) is 12.0 Å². The number of aldehydes is 1. The topological polar surface area (TPSA) is 81.6 Å². The molecule has 0 saturated heterocycles. The number of ether oxygens (including phenoxy) is 2. The molecule has 8 heteroatoms. The second-order valence-electron chi connectivity index (χ2n) is 8.28. The Bertz CT molecular complexity index is 1130. The van der Waals surface area contributed by atoms with Gasteiger partial charge in [0.15, 0.2) is 6.29 Å². The summed E-state index contributed by atoms with van der Waals surface area (Å²) >= 11 is 1.41. The summed E-state index contributed by atoms with van der Waals surface area (Å²) in [5.41, 5.74) is 3.67. The van der Waals surface area contributed by atoms with Crippen molar-refractivity contribution in [1.29, 1.82) is 0 Å². The lowest BCUT2D eigenvalue weighted by Gasteiger charge is -2.19. The van der Waals surface area contributed by atoms with Crippen LogP contribution in [-0.2, 0) is 16.0 Å². The van der Waals surface area contributed by atoms with Crippen molar-refractivity contribution in [2.24, 2.45) is 5.92 Å². The zero-order valence-electron chi connectivity index (χ0n) is 19.0. The van der Waals surface area contributed by atoms with E-state index in [1.807, 2.05) is 50.2 Å². The molecular weight excluding hydrogens is 438 g/mol. The highest BCUT2D eigenvalue weighted by atomic mass is 32.1. The van der Waals surface area contributed by atoms with Crippen molar-refractivity contribution in [2.75, 3.05) is 25.2 Å². The van der Waals surface area contributed by atoms with Crippen LogP contribution in [0.1, 0.15) is 29.5 Å². The maximum absolute atomic E-state index is 13.3. The summed E-state index contributed by atoms with van der Waals surface area (Å²) in [4.78, 5) is 25.7. The predicted molar refractivity (Wildman–Crippen MR) is 128 cm³/mol. The molecule has 2 aromatic carbocycles. The van der Waals surface area contributed by atoms with Crippen LogP contribution in [-0.4, -0.2) is 42.7 Å². The van der Waals surface area contributed by atoms with Crippen molar-refractivity contribution in [1.82, 2.24) is 10.2 Å². The largest absolute Gasteiger partial charge is 0.497 e. The number of methoxy groups -OCH3 is 1. The van der Waals surface area contributed by atoms with E-state index in [4.69, 9.17) is 9.47 Å². The molecule has 1 aliphatic carbocycles. The average Bonchev–Trinajstić information content (AvgIpc) is 3.50. The van der Waals surface area contributed by atoms with E-state index in [1.165, 1.54) is 11.3 Å². The molecule has 33 heavy (non-hydrogen) atoms. The Morgan fingerprint density at radius 3 is 2.61 bits per heavy atom. The van der Waals surface area contributed by atoms with Gasteiger partial charge in [0.2, 0.25) is 11.0 Å². The highest BCUT2D eigenvalue weighted by molar-refractivity contribution is 7.18. The van der Waals surface area contributed by atoms with Crippen molar-refractivity contribution in [2.45, 2.75) is 33.1 Å². The number of aromatic nitrogens is 2. The molecule has 4 rings (SSSR count). The number of hydrogen-bond donors (Lipinski definition) is 0. The van der Waals surface area contributed by atoms with Crippen molar-refractivity contribution in [3.05, 3.63) is 53.1 Å². The number of anilines is 1. The summed E-state index contributed by atoms with van der Waals surface area (Å²) in [5, 5.41) is 10.1. The minimum absolute atomic E-state index is 0.00262. The molecule has 0 N–H and O–H groups in total. The number of carbonyl (C=O) groups excluding carboxylic acids is 2. The van der Waals surface area contributed by atoms with Gasteiger partial charge in [-0.1, -0.05) is 23.5 Å². The number of aryl methyl sites for hydroxylation is 2. The smallest absolute Gasteiger partial charge is 0.233 e. The number of nitrogens with zero attached hydrogens (tertiary/aromatic N) is 3. The molecule has 0 aliphatic heterocycles. The highest BCUT2D eigenvalue weighted by Gasteiger charge is 2.30. The van der Waals surface area contributed by atoms with E-state index in [9.17, 15) is 9.59 Å². The van der Waals surface area contributed by atoms with Crippen LogP contribution in [0.2, 0.25) is 0 Å². The van der Waals surface area contributed by atoms with Crippen molar-refractivity contribution >= 4 is 28.7 Å². The Hall–Kier alpha value is -3.26. The third-order valence-electron chi connectivity index (χ3n) is 5.58. The van der Waals surface area contributed by atoms with Crippen LogP contribution in [0.5, 0.6) is 11.5 Å². The van der Waals surface area contributed by atoms with Crippen LogP contribution in [0.3, 0.4) is 0 Å². The monoisotopic (exact) mass is 465 g/mol. The van der Waals surface area contributed by atoms with Crippen LogP contribution >= 0.6 is 11.3 Å². The number of hydrogen-bond acceptors (Lipinski definition) is 7. The molecule has 1 aromatic heterocycles. The molecule has 0 bridgehead atoms. The van der Waals surface area contributed by atoms with Crippen LogP contribution in [0.4, 0.5) is 5.13 Å². The predicted octanol–water partition coefficient (Wildman–Crippen LogP) is 4.39. The molecule has 0 atom stereocenters. The van der Waals surface area contributed by atoms with Crippen LogP contribution in [0.25, 0.3) is 10.6 Å². The quantitative estimate of drug-likeness (QED) is 0.413. The first-order chi connectivity index (χ1) is 16.0. The first kappa shape index (κ1) is 22.9. The summed E-state index contributed by atoms with van der Waals surface area (Å²) in [6.07, 6.45) is 3.28. The molecule has 1 saturated carbocycles. The third-order valence-corrected chi connectivity index (χ3v) is 6.57. The molecule has 0 unspecified atom stereocenters. The van der Waals surface area contributed by atoms with Crippen molar-refractivity contribution in [3.63, 3.8) is 0 Å². The minimum atomic E-state index is 0.00262. The molecule has 0 radical (unpaired) electrons. The van der Waals surface area contributed by atoms with Crippen molar-refractivity contribution in [3.8, 4) is 22.1 Å². The van der Waals surface area contributed by atoms with Gasteiger partial charge in [-0.15, -0.1) is 10.2 Å². The van der Waals surface area contributed by atoms with E-state index in [0.717, 1.165) is 52.1 Å². The molecule has 0 spiro atoms. The lowest BCUT2D eigenvalue weighted by molar-refractivity contribution is -0.118. The fourth-order valence-electron chi connectivity index (χ4n) is 3.76. The normalized spacial score (nSPS) is 12.9. The molecule has 1 fully saturated rings. The zero-order chi connectivity index (χ0) is 23.4. The molecule has 7 nitrogen and oxygen atoms in total. The number of amides is 1. The minimum Gasteiger partial charge on any atom is -0.497 e. The molecule has 1 heterocycles. The first-order valence-corrected chi connectivity index (χ1v) is 11.7.